The van der Waals surface area contributed by atoms with Gasteiger partial charge in [-0.1, -0.05) is 60.3 Å². The molecule has 8 nitrogen and oxygen atoms in total. The monoisotopic (exact) mass is 471 g/mol. The quantitative estimate of drug-likeness (QED) is 0.568. The number of amides is 2. The Hall–Kier alpha value is -2.88. The number of esters is 1. The zero-order valence-electron chi connectivity index (χ0n) is 18.3. The number of hydrogen-bond donors (Lipinski definition) is 0. The average molecular weight is 472 g/mol. The topological polar surface area (TPSA) is 91.4 Å². The summed E-state index contributed by atoms with van der Waals surface area (Å²) in [5.74, 6) is -1.00. The molecule has 4 rings (SSSR count). The van der Waals surface area contributed by atoms with Crippen molar-refractivity contribution in [1.82, 2.24) is 4.90 Å². The second-order valence-electron chi connectivity index (χ2n) is 7.78. The van der Waals surface area contributed by atoms with Crippen molar-refractivity contribution >= 4 is 29.7 Å². The highest BCUT2D eigenvalue weighted by Crippen LogP contribution is 2.41. The SMILES string of the molecule is CC(=O)O[C@@H]1[C@@H]2OC(=O)N(C(C)=O)[C@H]2[C@H](Sc2ccccc2)O[C@@H]1COCc1ccccc1. The molecule has 2 fully saturated rings. The van der Waals surface area contributed by atoms with Gasteiger partial charge >= 0.3 is 12.1 Å². The minimum absolute atomic E-state index is 0.111. The molecule has 2 aromatic carbocycles. The van der Waals surface area contributed by atoms with Crippen molar-refractivity contribution < 1.29 is 33.3 Å². The Morgan fingerprint density at radius 2 is 1.70 bits per heavy atom. The van der Waals surface area contributed by atoms with Gasteiger partial charge in [0.05, 0.1) is 13.2 Å². The van der Waals surface area contributed by atoms with Crippen LogP contribution in [0.2, 0.25) is 0 Å². The van der Waals surface area contributed by atoms with Crippen LogP contribution < -0.4 is 0 Å². The van der Waals surface area contributed by atoms with Gasteiger partial charge in [-0.3, -0.25) is 9.59 Å². The minimum Gasteiger partial charge on any atom is -0.456 e. The Kier molecular flexibility index (Phi) is 7.32. The number of thioether (sulfide) groups is 1. The van der Waals surface area contributed by atoms with Crippen LogP contribution >= 0.6 is 11.8 Å². The van der Waals surface area contributed by atoms with E-state index >= 15 is 0 Å². The predicted octanol–water partition coefficient (Wildman–Crippen LogP) is 3.39. The van der Waals surface area contributed by atoms with E-state index in [0.29, 0.717) is 6.61 Å². The van der Waals surface area contributed by atoms with Crippen LogP contribution in [0.4, 0.5) is 4.79 Å². The smallest absolute Gasteiger partial charge is 0.417 e. The highest BCUT2D eigenvalue weighted by molar-refractivity contribution is 7.99. The maximum absolute atomic E-state index is 12.6. The fourth-order valence-electron chi connectivity index (χ4n) is 4.00. The van der Waals surface area contributed by atoms with Crippen LogP contribution in [0, 0.1) is 0 Å². The summed E-state index contributed by atoms with van der Waals surface area (Å²) in [7, 11) is 0. The van der Waals surface area contributed by atoms with E-state index in [1.807, 2.05) is 60.7 Å². The van der Waals surface area contributed by atoms with Gasteiger partial charge in [0.1, 0.15) is 17.6 Å². The van der Waals surface area contributed by atoms with Crippen molar-refractivity contribution in [2.75, 3.05) is 6.61 Å². The van der Waals surface area contributed by atoms with Crippen LogP contribution in [-0.2, 0) is 35.1 Å². The van der Waals surface area contributed by atoms with Crippen LogP contribution in [0.1, 0.15) is 19.4 Å². The van der Waals surface area contributed by atoms with Crippen LogP contribution in [0.3, 0.4) is 0 Å². The van der Waals surface area contributed by atoms with Crippen molar-refractivity contribution in [3.05, 3.63) is 66.2 Å². The lowest BCUT2D eigenvalue weighted by Crippen LogP contribution is -2.61. The lowest BCUT2D eigenvalue weighted by Gasteiger charge is -2.42. The maximum Gasteiger partial charge on any atom is 0.417 e. The first kappa shape index (κ1) is 23.3. The van der Waals surface area contributed by atoms with Crippen LogP contribution in [-0.4, -0.2) is 59.3 Å². The number of ether oxygens (including phenoxy) is 4. The summed E-state index contributed by atoms with van der Waals surface area (Å²) in [5, 5.41) is 0. The van der Waals surface area contributed by atoms with Crippen molar-refractivity contribution in [1.29, 1.82) is 0 Å². The van der Waals surface area contributed by atoms with E-state index in [-0.39, 0.29) is 6.61 Å². The summed E-state index contributed by atoms with van der Waals surface area (Å²) in [6.07, 6.45) is -3.25. The Morgan fingerprint density at radius 3 is 2.33 bits per heavy atom. The first-order chi connectivity index (χ1) is 15.9. The van der Waals surface area contributed by atoms with E-state index in [1.165, 1.54) is 25.6 Å². The number of benzene rings is 2. The summed E-state index contributed by atoms with van der Waals surface area (Å²) in [6.45, 7) is 3.03. The molecule has 0 saturated carbocycles. The van der Waals surface area contributed by atoms with Crippen LogP contribution in [0.15, 0.2) is 65.6 Å². The van der Waals surface area contributed by atoms with Gasteiger partial charge in [-0.2, -0.15) is 0 Å². The third kappa shape index (κ3) is 5.38. The molecule has 2 aliphatic heterocycles. The maximum atomic E-state index is 12.6. The molecular weight excluding hydrogens is 446 g/mol. The minimum atomic E-state index is -0.913. The summed E-state index contributed by atoms with van der Waals surface area (Å²) < 4.78 is 23.3. The number of nitrogens with zero attached hydrogens (tertiary/aromatic N) is 1. The average Bonchev–Trinajstić information content (AvgIpc) is 3.15. The first-order valence-electron chi connectivity index (χ1n) is 10.6. The zero-order valence-corrected chi connectivity index (χ0v) is 19.1. The zero-order chi connectivity index (χ0) is 23.4. The molecule has 0 radical (unpaired) electrons. The summed E-state index contributed by atoms with van der Waals surface area (Å²) in [6, 6.07) is 18.4. The lowest BCUT2D eigenvalue weighted by atomic mass is 9.97. The highest BCUT2D eigenvalue weighted by atomic mass is 32.2. The number of fused-ring (bicyclic) bond motifs is 1. The number of carbonyl (C=O) groups is 3. The summed E-state index contributed by atoms with van der Waals surface area (Å²) in [5.41, 5.74) is 0.352. The fraction of sp³-hybridized carbons (Fsp3) is 0.375. The van der Waals surface area contributed by atoms with E-state index in [4.69, 9.17) is 18.9 Å². The molecule has 0 N–H and O–H groups in total. The normalized spacial score (nSPS) is 26.4. The summed E-state index contributed by atoms with van der Waals surface area (Å²) >= 11 is 1.37. The van der Waals surface area contributed by atoms with Gasteiger partial charge < -0.3 is 18.9 Å². The predicted molar refractivity (Wildman–Crippen MR) is 119 cm³/mol. The van der Waals surface area contributed by atoms with Gasteiger partial charge in [0.15, 0.2) is 12.2 Å². The molecule has 0 aromatic heterocycles. The second kappa shape index (κ2) is 10.4. The molecule has 2 heterocycles. The number of rotatable bonds is 7. The largest absolute Gasteiger partial charge is 0.456 e. The van der Waals surface area contributed by atoms with Gasteiger partial charge in [0.25, 0.3) is 0 Å². The van der Waals surface area contributed by atoms with Gasteiger partial charge in [-0.15, -0.1) is 0 Å². The third-order valence-electron chi connectivity index (χ3n) is 5.38. The standard InChI is InChI=1S/C24H25NO7S/c1-15(26)25-20-22(32-24(25)28)21(30-16(2)27)19(14-29-13-17-9-5-3-6-10-17)31-23(20)33-18-11-7-4-8-12-18/h3-12,19-23H,13-14H2,1-2H3/t19-,20-,21+,22-,23+/m1/s1. The Balaban J connectivity index is 1.59. The van der Waals surface area contributed by atoms with Crippen molar-refractivity contribution in [2.45, 2.75) is 55.1 Å². The van der Waals surface area contributed by atoms with E-state index in [0.717, 1.165) is 15.4 Å². The molecule has 2 aromatic rings. The summed E-state index contributed by atoms with van der Waals surface area (Å²) in [4.78, 5) is 38.7. The molecule has 2 saturated heterocycles. The number of imide groups is 1. The van der Waals surface area contributed by atoms with Crippen molar-refractivity contribution in [3.8, 4) is 0 Å². The van der Waals surface area contributed by atoms with E-state index in [1.54, 1.807) is 0 Å². The molecule has 2 aliphatic rings. The molecule has 0 aliphatic carbocycles. The van der Waals surface area contributed by atoms with Crippen molar-refractivity contribution in [3.63, 3.8) is 0 Å². The number of carbonyl (C=O) groups excluding carboxylic acids is 3. The highest BCUT2D eigenvalue weighted by Gasteiger charge is 2.59. The molecule has 2 amide bonds. The molecule has 9 heteroatoms. The van der Waals surface area contributed by atoms with Gasteiger partial charge in [-0.05, 0) is 17.7 Å². The van der Waals surface area contributed by atoms with Crippen LogP contribution in [0.25, 0.3) is 0 Å². The van der Waals surface area contributed by atoms with E-state index < -0.39 is 47.8 Å². The third-order valence-corrected chi connectivity index (χ3v) is 6.54. The lowest BCUT2D eigenvalue weighted by molar-refractivity contribution is -0.195. The first-order valence-corrected chi connectivity index (χ1v) is 11.5. The molecule has 174 valence electrons. The Morgan fingerprint density at radius 1 is 1.03 bits per heavy atom. The Labute approximate surface area is 196 Å². The molecule has 33 heavy (non-hydrogen) atoms. The molecule has 0 unspecified atom stereocenters. The van der Waals surface area contributed by atoms with Gasteiger partial charge in [-0.25, -0.2) is 9.69 Å². The fourth-order valence-corrected chi connectivity index (χ4v) is 5.19. The second-order valence-corrected chi connectivity index (χ2v) is 8.95. The number of hydrogen-bond acceptors (Lipinski definition) is 8. The van der Waals surface area contributed by atoms with Gasteiger partial charge in [0, 0.05) is 18.7 Å². The van der Waals surface area contributed by atoms with E-state index in [9.17, 15) is 14.4 Å². The molecular formula is C24H25NO7S. The molecule has 0 bridgehead atoms. The Bertz CT molecular complexity index is 987. The van der Waals surface area contributed by atoms with Gasteiger partial charge in [0.2, 0.25) is 5.91 Å². The van der Waals surface area contributed by atoms with Crippen molar-refractivity contribution in [2.24, 2.45) is 0 Å². The van der Waals surface area contributed by atoms with E-state index in [2.05, 4.69) is 0 Å². The molecule has 0 spiro atoms. The van der Waals surface area contributed by atoms with Crippen LogP contribution in [0.5, 0.6) is 0 Å². The molecule has 5 atom stereocenters.